The number of halogens is 2. The van der Waals surface area contributed by atoms with Gasteiger partial charge in [0.15, 0.2) is 0 Å². The normalized spacial score (nSPS) is 9.94. The Kier molecular flexibility index (Phi) is 3.82. The summed E-state index contributed by atoms with van der Waals surface area (Å²) in [5, 5.41) is 8.93. The van der Waals surface area contributed by atoms with E-state index in [0.29, 0.717) is 4.90 Å². The summed E-state index contributed by atoms with van der Waals surface area (Å²) < 4.78 is 14.3. The lowest BCUT2D eigenvalue weighted by Crippen LogP contribution is -1.87. The van der Waals surface area contributed by atoms with E-state index in [-0.39, 0.29) is 5.56 Å². The van der Waals surface area contributed by atoms with Crippen LogP contribution in [0.3, 0.4) is 0 Å². The number of benzene rings is 2. The van der Waals surface area contributed by atoms with Crippen LogP contribution >= 0.6 is 27.7 Å². The standard InChI is InChI=1S/C13H7BrFNS/c14-10-4-1-2-6-13(10)17-12-7-3-5-11(15)9(12)8-16/h1-7H. The van der Waals surface area contributed by atoms with Gasteiger partial charge in [-0.1, -0.05) is 30.0 Å². The lowest BCUT2D eigenvalue weighted by atomic mass is 10.2. The molecule has 0 saturated heterocycles. The lowest BCUT2D eigenvalue weighted by Gasteiger charge is -2.06. The Labute approximate surface area is 111 Å². The molecule has 0 aliphatic rings. The van der Waals surface area contributed by atoms with Crippen molar-refractivity contribution in [3.8, 4) is 6.07 Å². The molecule has 0 bridgehead atoms. The van der Waals surface area contributed by atoms with Crippen LogP contribution in [0.25, 0.3) is 0 Å². The zero-order valence-electron chi connectivity index (χ0n) is 8.65. The molecule has 0 heterocycles. The molecule has 4 heteroatoms. The van der Waals surface area contributed by atoms with E-state index in [2.05, 4.69) is 15.9 Å². The molecule has 0 amide bonds. The molecule has 0 fully saturated rings. The fourth-order valence-corrected chi connectivity index (χ4v) is 2.81. The van der Waals surface area contributed by atoms with Crippen molar-refractivity contribution >= 4 is 27.7 Å². The third-order valence-electron chi connectivity index (χ3n) is 2.14. The fraction of sp³-hybridized carbons (Fsp3) is 0. The van der Waals surface area contributed by atoms with Gasteiger partial charge in [-0.15, -0.1) is 0 Å². The molecule has 0 spiro atoms. The Morgan fingerprint density at radius 2 is 1.76 bits per heavy atom. The lowest BCUT2D eigenvalue weighted by molar-refractivity contribution is 0.620. The number of rotatable bonds is 2. The Balaban J connectivity index is 2.41. The van der Waals surface area contributed by atoms with E-state index in [0.717, 1.165) is 9.37 Å². The SMILES string of the molecule is N#Cc1c(F)cccc1Sc1ccccc1Br. The summed E-state index contributed by atoms with van der Waals surface area (Å²) in [6.45, 7) is 0. The van der Waals surface area contributed by atoms with Gasteiger partial charge in [0.05, 0.1) is 0 Å². The molecule has 0 radical (unpaired) electrons. The molecule has 2 aromatic rings. The highest BCUT2D eigenvalue weighted by atomic mass is 79.9. The van der Waals surface area contributed by atoms with Gasteiger partial charge < -0.3 is 0 Å². The number of nitrogens with zero attached hydrogens (tertiary/aromatic N) is 1. The minimum Gasteiger partial charge on any atom is -0.206 e. The summed E-state index contributed by atoms with van der Waals surface area (Å²) in [4.78, 5) is 1.58. The van der Waals surface area contributed by atoms with Crippen LogP contribution in [-0.2, 0) is 0 Å². The first kappa shape index (κ1) is 12.2. The van der Waals surface area contributed by atoms with Gasteiger partial charge in [-0.25, -0.2) is 4.39 Å². The van der Waals surface area contributed by atoms with Crippen LogP contribution < -0.4 is 0 Å². The molecule has 1 nitrogen and oxygen atoms in total. The monoisotopic (exact) mass is 307 g/mol. The molecule has 0 atom stereocenters. The van der Waals surface area contributed by atoms with E-state index in [1.165, 1.54) is 17.8 Å². The van der Waals surface area contributed by atoms with Gasteiger partial charge in [0.2, 0.25) is 0 Å². The van der Waals surface area contributed by atoms with Crippen LogP contribution in [0.1, 0.15) is 5.56 Å². The van der Waals surface area contributed by atoms with Gasteiger partial charge in [-0.2, -0.15) is 5.26 Å². The molecule has 17 heavy (non-hydrogen) atoms. The topological polar surface area (TPSA) is 23.8 Å². The Bertz CT molecular complexity index is 592. The second kappa shape index (κ2) is 5.35. The second-order valence-electron chi connectivity index (χ2n) is 3.26. The Morgan fingerprint density at radius 3 is 2.47 bits per heavy atom. The third kappa shape index (κ3) is 2.68. The Hall–Kier alpha value is -1.31. The van der Waals surface area contributed by atoms with Crippen molar-refractivity contribution in [2.24, 2.45) is 0 Å². The number of hydrogen-bond donors (Lipinski definition) is 0. The zero-order valence-corrected chi connectivity index (χ0v) is 11.1. The predicted octanol–water partition coefficient (Wildman–Crippen LogP) is 4.61. The van der Waals surface area contributed by atoms with Crippen molar-refractivity contribution in [3.05, 3.63) is 58.3 Å². The smallest absolute Gasteiger partial charge is 0.142 e. The minimum atomic E-state index is -0.482. The predicted molar refractivity (Wildman–Crippen MR) is 69.4 cm³/mol. The zero-order chi connectivity index (χ0) is 12.3. The van der Waals surface area contributed by atoms with Crippen molar-refractivity contribution in [3.63, 3.8) is 0 Å². The summed E-state index contributed by atoms with van der Waals surface area (Å²) in [5.74, 6) is -0.482. The Morgan fingerprint density at radius 1 is 1.06 bits per heavy atom. The van der Waals surface area contributed by atoms with E-state index < -0.39 is 5.82 Å². The highest BCUT2D eigenvalue weighted by molar-refractivity contribution is 9.10. The highest BCUT2D eigenvalue weighted by Crippen LogP contribution is 2.35. The number of hydrogen-bond acceptors (Lipinski definition) is 2. The summed E-state index contributed by atoms with van der Waals surface area (Å²) in [7, 11) is 0. The van der Waals surface area contributed by atoms with Crippen LogP contribution in [0.15, 0.2) is 56.7 Å². The van der Waals surface area contributed by atoms with Crippen LogP contribution in [0.2, 0.25) is 0 Å². The van der Waals surface area contributed by atoms with Crippen LogP contribution in [0, 0.1) is 17.1 Å². The molecule has 0 N–H and O–H groups in total. The van der Waals surface area contributed by atoms with Gasteiger partial charge in [0.25, 0.3) is 0 Å². The quantitative estimate of drug-likeness (QED) is 0.809. The van der Waals surface area contributed by atoms with Crippen LogP contribution in [0.4, 0.5) is 4.39 Å². The maximum absolute atomic E-state index is 13.4. The molecule has 0 unspecified atom stereocenters. The summed E-state index contributed by atoms with van der Waals surface area (Å²) in [6, 6.07) is 14.2. The van der Waals surface area contributed by atoms with E-state index >= 15 is 0 Å². The van der Waals surface area contributed by atoms with Gasteiger partial charge in [-0.05, 0) is 40.2 Å². The van der Waals surface area contributed by atoms with Gasteiger partial charge in [0.1, 0.15) is 17.4 Å². The van der Waals surface area contributed by atoms with Crippen LogP contribution in [0.5, 0.6) is 0 Å². The highest BCUT2D eigenvalue weighted by Gasteiger charge is 2.10. The average molecular weight is 308 g/mol. The van der Waals surface area contributed by atoms with Crippen LogP contribution in [-0.4, -0.2) is 0 Å². The molecule has 0 aliphatic carbocycles. The first-order valence-corrected chi connectivity index (χ1v) is 6.44. The third-order valence-corrected chi connectivity index (χ3v) is 4.23. The maximum Gasteiger partial charge on any atom is 0.142 e. The molecule has 84 valence electrons. The summed E-state index contributed by atoms with van der Waals surface area (Å²) >= 11 is 4.79. The first-order valence-electron chi connectivity index (χ1n) is 4.83. The molecule has 0 saturated carbocycles. The maximum atomic E-state index is 13.4. The summed E-state index contributed by atoms with van der Waals surface area (Å²) in [5.41, 5.74) is 0.0910. The van der Waals surface area contributed by atoms with Crippen molar-refractivity contribution in [2.45, 2.75) is 9.79 Å². The average Bonchev–Trinajstić information content (AvgIpc) is 2.32. The first-order chi connectivity index (χ1) is 8.22. The van der Waals surface area contributed by atoms with Gasteiger partial charge in [-0.3, -0.25) is 0 Å². The van der Waals surface area contributed by atoms with Gasteiger partial charge >= 0.3 is 0 Å². The van der Waals surface area contributed by atoms with Crippen molar-refractivity contribution in [2.75, 3.05) is 0 Å². The molecule has 2 rings (SSSR count). The fourth-order valence-electron chi connectivity index (χ4n) is 1.34. The minimum absolute atomic E-state index is 0.0910. The largest absolute Gasteiger partial charge is 0.206 e. The molecule has 0 aromatic heterocycles. The van der Waals surface area contributed by atoms with Crippen molar-refractivity contribution < 1.29 is 4.39 Å². The van der Waals surface area contributed by atoms with Crippen molar-refractivity contribution in [1.82, 2.24) is 0 Å². The summed E-state index contributed by atoms with van der Waals surface area (Å²) in [6.07, 6.45) is 0. The van der Waals surface area contributed by atoms with Gasteiger partial charge in [0, 0.05) is 14.3 Å². The number of nitriles is 1. The molecule has 0 aliphatic heterocycles. The second-order valence-corrected chi connectivity index (χ2v) is 5.20. The van der Waals surface area contributed by atoms with E-state index in [1.807, 2.05) is 30.3 Å². The van der Waals surface area contributed by atoms with E-state index in [4.69, 9.17) is 5.26 Å². The van der Waals surface area contributed by atoms with E-state index in [9.17, 15) is 4.39 Å². The van der Waals surface area contributed by atoms with E-state index in [1.54, 1.807) is 12.1 Å². The molecular weight excluding hydrogens is 301 g/mol. The molecular formula is C13H7BrFNS. The van der Waals surface area contributed by atoms with Crippen molar-refractivity contribution in [1.29, 1.82) is 5.26 Å². The molecule has 2 aromatic carbocycles.